The molecular formula is C16H20N4O3S. The maximum Gasteiger partial charge on any atom is 0.332 e. The van der Waals surface area contributed by atoms with E-state index in [1.54, 1.807) is 7.05 Å². The maximum absolute atomic E-state index is 12.3. The summed E-state index contributed by atoms with van der Waals surface area (Å²) in [4.78, 5) is 43.5. The first kappa shape index (κ1) is 16.5. The fourth-order valence-electron chi connectivity index (χ4n) is 2.64. The van der Waals surface area contributed by atoms with Crippen LogP contribution in [0.4, 0.5) is 0 Å². The van der Waals surface area contributed by atoms with E-state index in [2.05, 4.69) is 9.97 Å². The molecule has 3 rings (SSSR count). The highest BCUT2D eigenvalue weighted by Crippen LogP contribution is 2.21. The van der Waals surface area contributed by atoms with Gasteiger partial charge in [-0.25, -0.2) is 9.78 Å². The number of aryl methyl sites for hydroxylation is 1. The molecule has 1 N–H and O–H groups in total. The van der Waals surface area contributed by atoms with E-state index in [1.165, 1.54) is 28.9 Å². The fraction of sp³-hybridized carbons (Fsp3) is 0.375. The number of aromatic amines is 1. The zero-order chi connectivity index (χ0) is 17.4. The Balaban J connectivity index is 0.00000225. The highest BCUT2D eigenvalue weighted by Gasteiger charge is 2.16. The standard InChI is InChI=1S/C16H18N4O3S.H2/c1-9-5-4-6-10(7-9)11(21)8-24-15-17-12-13(18-15)19(2)16(23)20(3)14(12)22;/h6-7H,4-5,8H2,1-3H3,(H,17,18);1H. The lowest BCUT2D eigenvalue weighted by atomic mass is 9.99. The van der Waals surface area contributed by atoms with E-state index >= 15 is 0 Å². The summed E-state index contributed by atoms with van der Waals surface area (Å²) in [5.41, 5.74) is 1.64. The van der Waals surface area contributed by atoms with Gasteiger partial charge in [0.05, 0.1) is 5.75 Å². The Kier molecular flexibility index (Phi) is 4.31. The number of thioether (sulfide) groups is 1. The van der Waals surface area contributed by atoms with Gasteiger partial charge in [-0.05, 0) is 19.8 Å². The van der Waals surface area contributed by atoms with Crippen LogP contribution in [0, 0.1) is 0 Å². The Morgan fingerprint density at radius 1 is 1.38 bits per heavy atom. The molecule has 0 fully saturated rings. The van der Waals surface area contributed by atoms with Crippen LogP contribution < -0.4 is 11.2 Å². The molecule has 1 aliphatic rings. The van der Waals surface area contributed by atoms with Gasteiger partial charge in [0, 0.05) is 21.1 Å². The van der Waals surface area contributed by atoms with Crippen molar-refractivity contribution in [1.82, 2.24) is 19.1 Å². The second kappa shape index (κ2) is 6.27. The molecule has 2 aromatic heterocycles. The zero-order valence-electron chi connectivity index (χ0n) is 13.8. The predicted octanol–water partition coefficient (Wildman–Crippen LogP) is 1.53. The number of allylic oxidation sites excluding steroid dienone is 4. The van der Waals surface area contributed by atoms with Crippen LogP contribution in [0.1, 0.15) is 21.2 Å². The van der Waals surface area contributed by atoms with Crippen molar-refractivity contribution in [2.24, 2.45) is 14.1 Å². The third-order valence-electron chi connectivity index (χ3n) is 4.04. The molecule has 0 aromatic carbocycles. The van der Waals surface area contributed by atoms with Crippen molar-refractivity contribution < 1.29 is 6.22 Å². The molecule has 0 unspecified atom stereocenters. The number of carbonyl (C=O) groups is 1. The van der Waals surface area contributed by atoms with Crippen molar-refractivity contribution in [1.29, 1.82) is 0 Å². The molecule has 0 saturated carbocycles. The van der Waals surface area contributed by atoms with Gasteiger partial charge in [-0.1, -0.05) is 29.5 Å². The number of ketones is 1. The highest BCUT2D eigenvalue weighted by atomic mass is 32.2. The Hall–Kier alpha value is -2.35. The molecule has 0 aliphatic heterocycles. The minimum absolute atomic E-state index is 0. The first-order chi connectivity index (χ1) is 11.4. The molecular weight excluding hydrogens is 328 g/mol. The molecule has 2 heterocycles. The lowest BCUT2D eigenvalue weighted by Crippen LogP contribution is -2.36. The molecule has 0 saturated heterocycles. The summed E-state index contributed by atoms with van der Waals surface area (Å²) >= 11 is 1.23. The molecule has 0 amide bonds. The van der Waals surface area contributed by atoms with Gasteiger partial charge in [-0.3, -0.25) is 18.7 Å². The van der Waals surface area contributed by atoms with Crippen molar-refractivity contribution in [3.8, 4) is 0 Å². The number of nitrogens with zero attached hydrogens (tertiary/aromatic N) is 3. The van der Waals surface area contributed by atoms with Crippen LogP contribution in [0.15, 0.2) is 38.0 Å². The molecule has 1 aliphatic carbocycles. The number of hydrogen-bond donors (Lipinski definition) is 1. The van der Waals surface area contributed by atoms with Crippen LogP contribution in [0.25, 0.3) is 11.2 Å². The van der Waals surface area contributed by atoms with Crippen LogP contribution in [-0.4, -0.2) is 30.6 Å². The number of rotatable bonds is 4. The summed E-state index contributed by atoms with van der Waals surface area (Å²) in [6, 6.07) is 0. The molecule has 0 radical (unpaired) electrons. The average Bonchev–Trinajstić information content (AvgIpc) is 3.00. The van der Waals surface area contributed by atoms with Crippen molar-refractivity contribution in [2.75, 3.05) is 5.75 Å². The number of imidazole rings is 1. The van der Waals surface area contributed by atoms with E-state index in [0.29, 0.717) is 10.8 Å². The summed E-state index contributed by atoms with van der Waals surface area (Å²) in [7, 11) is 2.98. The highest BCUT2D eigenvalue weighted by molar-refractivity contribution is 7.99. The van der Waals surface area contributed by atoms with Crippen LogP contribution in [0.2, 0.25) is 0 Å². The number of nitrogens with one attached hydrogen (secondary N) is 1. The lowest BCUT2D eigenvalue weighted by molar-refractivity contribution is -0.113. The monoisotopic (exact) mass is 348 g/mol. The molecule has 7 nitrogen and oxygen atoms in total. The second-order valence-corrected chi connectivity index (χ2v) is 6.81. The molecule has 128 valence electrons. The van der Waals surface area contributed by atoms with Crippen LogP contribution in [0.5, 0.6) is 0 Å². The summed E-state index contributed by atoms with van der Waals surface area (Å²) in [5.74, 6) is 0.255. The molecule has 0 bridgehead atoms. The molecule has 2 aromatic rings. The van der Waals surface area contributed by atoms with E-state index in [0.717, 1.165) is 23.0 Å². The Morgan fingerprint density at radius 2 is 2.12 bits per heavy atom. The average molecular weight is 348 g/mol. The molecule has 0 atom stereocenters. The largest absolute Gasteiger partial charge is 0.332 e. The lowest BCUT2D eigenvalue weighted by Gasteiger charge is -2.09. The number of hydrogen-bond acceptors (Lipinski definition) is 5. The number of fused-ring (bicyclic) bond motifs is 1. The van der Waals surface area contributed by atoms with Gasteiger partial charge >= 0.3 is 5.69 Å². The fourth-order valence-corrected chi connectivity index (χ4v) is 3.40. The Labute approximate surface area is 143 Å². The summed E-state index contributed by atoms with van der Waals surface area (Å²) < 4.78 is 2.34. The molecule has 0 spiro atoms. The van der Waals surface area contributed by atoms with Crippen LogP contribution in [-0.2, 0) is 18.9 Å². The van der Waals surface area contributed by atoms with Crippen molar-refractivity contribution in [2.45, 2.75) is 24.9 Å². The van der Waals surface area contributed by atoms with E-state index in [4.69, 9.17) is 0 Å². The summed E-state index contributed by atoms with van der Waals surface area (Å²) in [6.45, 7) is 2.02. The number of H-pyrrole nitrogens is 1. The van der Waals surface area contributed by atoms with Crippen molar-refractivity contribution in [3.05, 3.63) is 44.1 Å². The number of carbonyl (C=O) groups excluding carboxylic acids is 1. The normalized spacial score (nSPS) is 14.6. The third kappa shape index (κ3) is 2.89. The third-order valence-corrected chi connectivity index (χ3v) is 4.91. The minimum Gasteiger partial charge on any atom is -0.327 e. The zero-order valence-corrected chi connectivity index (χ0v) is 14.6. The minimum atomic E-state index is -0.431. The van der Waals surface area contributed by atoms with Gasteiger partial charge < -0.3 is 4.98 Å². The van der Waals surface area contributed by atoms with Gasteiger partial charge in [0.25, 0.3) is 5.56 Å². The first-order valence-corrected chi connectivity index (χ1v) is 8.56. The Bertz CT molecular complexity index is 1010. The topological polar surface area (TPSA) is 89.8 Å². The maximum atomic E-state index is 12.3. The van der Waals surface area contributed by atoms with E-state index in [-0.39, 0.29) is 18.5 Å². The van der Waals surface area contributed by atoms with Crippen LogP contribution >= 0.6 is 11.8 Å². The van der Waals surface area contributed by atoms with Crippen molar-refractivity contribution >= 4 is 28.7 Å². The second-order valence-electron chi connectivity index (χ2n) is 5.85. The van der Waals surface area contributed by atoms with E-state index in [1.807, 2.05) is 19.1 Å². The van der Waals surface area contributed by atoms with Crippen molar-refractivity contribution in [3.63, 3.8) is 0 Å². The van der Waals surface area contributed by atoms with E-state index < -0.39 is 11.2 Å². The predicted molar refractivity (Wildman–Crippen MR) is 95.5 cm³/mol. The van der Waals surface area contributed by atoms with Gasteiger partial charge in [0.15, 0.2) is 22.1 Å². The SMILES string of the molecule is CC1=CC(C(=O)CSc2nc3c([nH]2)c(=O)n(C)c(=O)n3C)=CCC1.[HH]. The summed E-state index contributed by atoms with van der Waals surface area (Å²) in [5, 5.41) is 0.453. The Morgan fingerprint density at radius 3 is 2.83 bits per heavy atom. The number of aromatic nitrogens is 4. The van der Waals surface area contributed by atoms with Gasteiger partial charge in [-0.15, -0.1) is 0 Å². The van der Waals surface area contributed by atoms with E-state index in [9.17, 15) is 14.4 Å². The quantitative estimate of drug-likeness (QED) is 0.847. The first-order valence-electron chi connectivity index (χ1n) is 7.57. The van der Waals surface area contributed by atoms with Crippen LogP contribution in [0.3, 0.4) is 0 Å². The number of Topliss-reactive ketones (excluding diaryl/α,β-unsaturated/α-hetero) is 1. The van der Waals surface area contributed by atoms with Gasteiger partial charge in [0.1, 0.15) is 0 Å². The van der Waals surface area contributed by atoms with Gasteiger partial charge in [0.2, 0.25) is 0 Å². The molecule has 8 heteroatoms. The van der Waals surface area contributed by atoms with Gasteiger partial charge in [-0.2, -0.15) is 0 Å². The summed E-state index contributed by atoms with van der Waals surface area (Å²) in [6.07, 6.45) is 5.75. The smallest absolute Gasteiger partial charge is 0.327 e. The molecule has 24 heavy (non-hydrogen) atoms.